The summed E-state index contributed by atoms with van der Waals surface area (Å²) in [4.78, 5) is 25.1. The smallest absolute Gasteiger partial charge is 0.205 e. The second kappa shape index (κ2) is 7.38. The molecule has 0 spiro atoms. The van der Waals surface area contributed by atoms with E-state index in [2.05, 4.69) is 15.0 Å². The maximum atomic E-state index is 14.3. The van der Waals surface area contributed by atoms with Crippen LogP contribution in [0.2, 0.25) is 0 Å². The molecule has 0 aliphatic carbocycles. The second-order valence-electron chi connectivity index (χ2n) is 6.34. The Morgan fingerprint density at radius 1 is 1.07 bits per heavy atom. The molecule has 6 nitrogen and oxygen atoms in total. The molecular formula is C21H15F2N3O3. The number of benzene rings is 2. The van der Waals surface area contributed by atoms with Crippen molar-refractivity contribution in [3.63, 3.8) is 0 Å². The lowest BCUT2D eigenvalue weighted by molar-refractivity contribution is 0.0964. The molecule has 2 aromatic heterocycles. The average Bonchev–Trinajstić information content (AvgIpc) is 3.15. The predicted octanol–water partition coefficient (Wildman–Crippen LogP) is 4.31. The lowest BCUT2D eigenvalue weighted by atomic mass is 10.0. The third-order valence-corrected chi connectivity index (χ3v) is 4.39. The molecule has 0 radical (unpaired) electrons. The summed E-state index contributed by atoms with van der Waals surface area (Å²) in [6.07, 6.45) is 2.72. The first-order valence-corrected chi connectivity index (χ1v) is 8.70. The van der Waals surface area contributed by atoms with Gasteiger partial charge < -0.3 is 9.15 Å². The van der Waals surface area contributed by atoms with Crippen molar-refractivity contribution in [1.29, 1.82) is 0 Å². The number of halogens is 2. The number of rotatable bonds is 5. The van der Waals surface area contributed by atoms with Gasteiger partial charge in [-0.25, -0.2) is 18.7 Å². The van der Waals surface area contributed by atoms with Crippen molar-refractivity contribution in [2.24, 2.45) is 0 Å². The van der Waals surface area contributed by atoms with Crippen LogP contribution in [0.15, 0.2) is 47.1 Å². The van der Waals surface area contributed by atoms with Crippen molar-refractivity contribution in [3.8, 4) is 16.9 Å². The molecule has 146 valence electrons. The highest BCUT2D eigenvalue weighted by Crippen LogP contribution is 2.34. The van der Waals surface area contributed by atoms with Crippen molar-refractivity contribution in [3.05, 3.63) is 71.7 Å². The minimum absolute atomic E-state index is 0.0563. The highest BCUT2D eigenvalue weighted by Gasteiger charge is 2.18. The minimum atomic E-state index is -0.584. The summed E-state index contributed by atoms with van der Waals surface area (Å²) in [7, 11) is 1.47. The number of methoxy groups -OCH3 is 1. The molecule has 0 saturated carbocycles. The van der Waals surface area contributed by atoms with Crippen molar-refractivity contribution in [2.45, 2.75) is 13.3 Å². The Morgan fingerprint density at radius 2 is 1.90 bits per heavy atom. The predicted molar refractivity (Wildman–Crippen MR) is 101 cm³/mol. The van der Waals surface area contributed by atoms with Crippen LogP contribution in [0.1, 0.15) is 22.1 Å². The molecular weight excluding hydrogens is 380 g/mol. The number of aryl methyl sites for hydroxylation is 1. The third-order valence-electron chi connectivity index (χ3n) is 4.39. The molecule has 0 atom stereocenters. The summed E-state index contributed by atoms with van der Waals surface area (Å²) in [6, 6.07) is 6.39. The van der Waals surface area contributed by atoms with Gasteiger partial charge in [-0.3, -0.25) is 9.78 Å². The van der Waals surface area contributed by atoms with Gasteiger partial charge in [0.2, 0.25) is 5.78 Å². The maximum Gasteiger partial charge on any atom is 0.205 e. The van der Waals surface area contributed by atoms with E-state index >= 15 is 0 Å². The standard InChI is InChI=1S/C21H15F2N3O3/c1-11-24-10-19(29-11)17(27)8-13-9-25-20-14(4-6-18(28-2)21(20)26-13)15-7-12(22)3-5-16(15)23/h3-7,9-10H,8H2,1-2H3. The van der Waals surface area contributed by atoms with Gasteiger partial charge in [-0.2, -0.15) is 0 Å². The Hall–Kier alpha value is -3.68. The first-order chi connectivity index (χ1) is 14.0. The molecule has 8 heteroatoms. The van der Waals surface area contributed by atoms with E-state index in [4.69, 9.17) is 9.15 Å². The topological polar surface area (TPSA) is 78.1 Å². The molecule has 4 rings (SSSR count). The first-order valence-electron chi connectivity index (χ1n) is 8.70. The van der Waals surface area contributed by atoms with Gasteiger partial charge in [0.05, 0.1) is 25.4 Å². The van der Waals surface area contributed by atoms with E-state index in [1.165, 1.54) is 19.5 Å². The maximum absolute atomic E-state index is 14.3. The number of hydrogen-bond donors (Lipinski definition) is 0. The van der Waals surface area contributed by atoms with Gasteiger partial charge in [0.15, 0.2) is 11.7 Å². The van der Waals surface area contributed by atoms with E-state index in [0.717, 1.165) is 18.2 Å². The van der Waals surface area contributed by atoms with Crippen LogP contribution in [-0.4, -0.2) is 27.8 Å². The number of nitrogens with zero attached hydrogens (tertiary/aromatic N) is 3. The van der Waals surface area contributed by atoms with E-state index in [0.29, 0.717) is 33.9 Å². The number of fused-ring (bicyclic) bond motifs is 1. The number of hydrogen-bond acceptors (Lipinski definition) is 6. The summed E-state index contributed by atoms with van der Waals surface area (Å²) < 4.78 is 38.5. The summed E-state index contributed by atoms with van der Waals surface area (Å²) in [5.74, 6) is -0.528. The molecule has 0 aliphatic rings. The molecule has 2 aromatic carbocycles. The van der Waals surface area contributed by atoms with E-state index < -0.39 is 11.6 Å². The van der Waals surface area contributed by atoms with Crippen molar-refractivity contribution in [2.75, 3.05) is 7.11 Å². The van der Waals surface area contributed by atoms with Crippen LogP contribution >= 0.6 is 0 Å². The molecule has 0 unspecified atom stereocenters. The Kier molecular flexibility index (Phi) is 4.75. The van der Waals surface area contributed by atoms with Crippen LogP contribution in [0, 0.1) is 18.6 Å². The van der Waals surface area contributed by atoms with Crippen LogP contribution in [0.25, 0.3) is 22.2 Å². The highest BCUT2D eigenvalue weighted by atomic mass is 19.1. The number of ether oxygens (including phenoxy) is 1. The SMILES string of the molecule is COc1ccc(-c2cc(F)ccc2F)c2ncc(CC(=O)c3cnc(C)o3)nc12. The Balaban J connectivity index is 1.80. The number of aromatic nitrogens is 3. The Bertz CT molecular complexity index is 1240. The fraction of sp³-hybridized carbons (Fsp3) is 0.143. The normalized spacial score (nSPS) is 11.0. The summed E-state index contributed by atoms with van der Waals surface area (Å²) in [6.45, 7) is 1.64. The van der Waals surface area contributed by atoms with Gasteiger partial charge in [-0.05, 0) is 30.3 Å². The van der Waals surface area contributed by atoms with Gasteiger partial charge in [0, 0.05) is 24.2 Å². The van der Waals surface area contributed by atoms with Gasteiger partial charge in [0.1, 0.15) is 28.4 Å². The first kappa shape index (κ1) is 18.7. The molecule has 0 amide bonds. The lowest BCUT2D eigenvalue weighted by Gasteiger charge is -2.11. The van der Waals surface area contributed by atoms with Crippen LogP contribution in [0.4, 0.5) is 8.78 Å². The van der Waals surface area contributed by atoms with Crippen LogP contribution in [0.5, 0.6) is 5.75 Å². The van der Waals surface area contributed by atoms with Crippen LogP contribution < -0.4 is 4.74 Å². The van der Waals surface area contributed by atoms with Crippen molar-refractivity contribution < 1.29 is 22.7 Å². The van der Waals surface area contributed by atoms with Gasteiger partial charge in [-0.1, -0.05) is 0 Å². The zero-order valence-corrected chi connectivity index (χ0v) is 15.6. The Morgan fingerprint density at radius 3 is 2.62 bits per heavy atom. The fourth-order valence-corrected chi connectivity index (χ4v) is 3.02. The summed E-state index contributed by atoms with van der Waals surface area (Å²) in [5.41, 5.74) is 1.49. The van der Waals surface area contributed by atoms with Crippen LogP contribution in [0.3, 0.4) is 0 Å². The molecule has 0 fully saturated rings. The number of carbonyl (C=O) groups excluding carboxylic acids is 1. The van der Waals surface area contributed by atoms with E-state index in [1.807, 2.05) is 0 Å². The highest BCUT2D eigenvalue weighted by molar-refractivity contribution is 5.97. The van der Waals surface area contributed by atoms with E-state index in [-0.39, 0.29) is 23.5 Å². The van der Waals surface area contributed by atoms with Crippen molar-refractivity contribution >= 4 is 16.8 Å². The Labute approximate surface area is 164 Å². The zero-order valence-electron chi connectivity index (χ0n) is 15.6. The fourth-order valence-electron chi connectivity index (χ4n) is 3.02. The number of carbonyl (C=O) groups is 1. The number of Topliss-reactive ketones (excluding diaryl/α,β-unsaturated/α-hetero) is 1. The van der Waals surface area contributed by atoms with Crippen molar-refractivity contribution in [1.82, 2.24) is 15.0 Å². The monoisotopic (exact) mass is 395 g/mol. The van der Waals surface area contributed by atoms with E-state index in [9.17, 15) is 13.6 Å². The van der Waals surface area contributed by atoms with Gasteiger partial charge in [-0.15, -0.1) is 0 Å². The van der Waals surface area contributed by atoms with E-state index in [1.54, 1.807) is 19.1 Å². The molecule has 0 saturated heterocycles. The molecule has 0 N–H and O–H groups in total. The molecule has 0 aliphatic heterocycles. The largest absolute Gasteiger partial charge is 0.494 e. The summed E-state index contributed by atoms with van der Waals surface area (Å²) in [5, 5.41) is 0. The molecule has 4 aromatic rings. The second-order valence-corrected chi connectivity index (χ2v) is 6.34. The molecule has 0 bridgehead atoms. The average molecular weight is 395 g/mol. The quantitative estimate of drug-likeness (QED) is 0.469. The van der Waals surface area contributed by atoms with Gasteiger partial charge >= 0.3 is 0 Å². The third kappa shape index (κ3) is 3.56. The minimum Gasteiger partial charge on any atom is -0.494 e. The lowest BCUT2D eigenvalue weighted by Crippen LogP contribution is -2.05. The molecule has 2 heterocycles. The molecule has 29 heavy (non-hydrogen) atoms. The zero-order chi connectivity index (χ0) is 20.5. The number of ketones is 1. The summed E-state index contributed by atoms with van der Waals surface area (Å²) >= 11 is 0. The van der Waals surface area contributed by atoms with Crippen LogP contribution in [-0.2, 0) is 6.42 Å². The number of oxazole rings is 1. The van der Waals surface area contributed by atoms with Gasteiger partial charge in [0.25, 0.3) is 0 Å².